The predicted molar refractivity (Wildman–Crippen MR) is 134 cm³/mol. The van der Waals surface area contributed by atoms with Crippen molar-refractivity contribution in [3.05, 3.63) is 47.8 Å². The Balaban J connectivity index is 1.39. The van der Waals surface area contributed by atoms with Crippen LogP contribution in [0.25, 0.3) is 17.1 Å². The van der Waals surface area contributed by atoms with Crippen molar-refractivity contribution in [1.29, 1.82) is 0 Å². The molecule has 2 fully saturated rings. The number of hydrogen-bond acceptors (Lipinski definition) is 8. The van der Waals surface area contributed by atoms with Gasteiger partial charge in [-0.1, -0.05) is 11.9 Å². The highest BCUT2D eigenvalue weighted by molar-refractivity contribution is 7.96. The summed E-state index contributed by atoms with van der Waals surface area (Å²) >= 11 is 1.70. The molecule has 36 heavy (non-hydrogen) atoms. The van der Waals surface area contributed by atoms with Crippen molar-refractivity contribution in [2.24, 2.45) is 0 Å². The number of rotatable bonds is 7. The zero-order valence-electron chi connectivity index (χ0n) is 20.3. The first-order valence-electron chi connectivity index (χ1n) is 12.0. The number of imidazole rings is 1. The molecule has 0 spiro atoms. The second-order valence-corrected chi connectivity index (χ2v) is 10.1. The van der Waals surface area contributed by atoms with Crippen molar-refractivity contribution < 1.29 is 13.2 Å². The molecule has 0 atom stereocenters. The molecule has 0 aliphatic carbocycles. The van der Waals surface area contributed by atoms with E-state index < -0.39 is 11.7 Å². The van der Waals surface area contributed by atoms with E-state index in [9.17, 15) is 13.2 Å². The van der Waals surface area contributed by atoms with E-state index >= 15 is 0 Å². The molecule has 2 aliphatic rings. The Morgan fingerprint density at radius 1 is 1.08 bits per heavy atom. The third-order valence-electron chi connectivity index (χ3n) is 6.69. The maximum atomic E-state index is 13.8. The molecule has 0 amide bonds. The summed E-state index contributed by atoms with van der Waals surface area (Å²) in [6.45, 7) is 6.67. The van der Waals surface area contributed by atoms with E-state index in [0.717, 1.165) is 68.8 Å². The van der Waals surface area contributed by atoms with Crippen LogP contribution in [0.15, 0.2) is 30.9 Å². The number of halogens is 3. The van der Waals surface area contributed by atoms with Crippen molar-refractivity contribution in [3.8, 4) is 17.1 Å². The number of hydrogen-bond donors (Lipinski definition) is 1. The summed E-state index contributed by atoms with van der Waals surface area (Å²) < 4.78 is 45.4. The molecule has 3 aromatic rings. The van der Waals surface area contributed by atoms with Gasteiger partial charge in [0, 0.05) is 38.1 Å². The molecule has 0 unspecified atom stereocenters. The van der Waals surface area contributed by atoms with E-state index in [1.54, 1.807) is 22.7 Å². The molecule has 5 rings (SSSR count). The molecule has 5 heterocycles. The number of alkyl halides is 3. The minimum Gasteiger partial charge on any atom is -0.351 e. The number of nitrogens with one attached hydrogen (secondary N) is 1. The Hall–Kier alpha value is -2.70. The van der Waals surface area contributed by atoms with Crippen LogP contribution in [0.1, 0.15) is 36.2 Å². The number of aryl methyl sites for hydroxylation is 1. The molecule has 192 valence electrons. The Kier molecular flexibility index (Phi) is 7.18. The molecule has 0 radical (unpaired) electrons. The zero-order chi connectivity index (χ0) is 25.3. The van der Waals surface area contributed by atoms with Gasteiger partial charge >= 0.3 is 6.18 Å². The molecule has 8 nitrogen and oxygen atoms in total. The quantitative estimate of drug-likeness (QED) is 0.461. The highest BCUT2D eigenvalue weighted by Gasteiger charge is 2.36. The Morgan fingerprint density at radius 3 is 2.50 bits per heavy atom. The number of piperidine rings is 1. The van der Waals surface area contributed by atoms with E-state index in [4.69, 9.17) is 0 Å². The van der Waals surface area contributed by atoms with Gasteiger partial charge in [-0.05, 0) is 57.7 Å². The lowest BCUT2D eigenvalue weighted by atomic mass is 10.1. The minimum absolute atomic E-state index is 0.110. The first-order valence-corrected chi connectivity index (χ1v) is 13.2. The summed E-state index contributed by atoms with van der Waals surface area (Å²) in [6.07, 6.45) is 4.31. The number of anilines is 1. The van der Waals surface area contributed by atoms with Gasteiger partial charge in [0.25, 0.3) is 0 Å². The second-order valence-electron chi connectivity index (χ2n) is 9.19. The van der Waals surface area contributed by atoms with Gasteiger partial charge in [0.05, 0.1) is 17.1 Å². The molecule has 0 bridgehead atoms. The minimum atomic E-state index is -4.60. The van der Waals surface area contributed by atoms with Crippen LogP contribution in [-0.2, 0) is 12.7 Å². The fourth-order valence-electron chi connectivity index (χ4n) is 4.53. The predicted octanol–water partition coefficient (Wildman–Crippen LogP) is 4.41. The van der Waals surface area contributed by atoms with Gasteiger partial charge in [0.15, 0.2) is 0 Å². The van der Waals surface area contributed by atoms with Gasteiger partial charge in [-0.2, -0.15) is 13.2 Å². The number of pyridine rings is 1. The summed E-state index contributed by atoms with van der Waals surface area (Å²) in [4.78, 5) is 19.5. The third-order valence-corrected chi connectivity index (χ3v) is 7.57. The molecule has 3 aromatic heterocycles. The highest BCUT2D eigenvalue weighted by Crippen LogP contribution is 2.36. The molecular weight excluding hydrogens is 489 g/mol. The van der Waals surface area contributed by atoms with Crippen LogP contribution in [0.5, 0.6) is 0 Å². The summed E-state index contributed by atoms with van der Waals surface area (Å²) in [5.41, 5.74) is 1.52. The van der Waals surface area contributed by atoms with E-state index in [-0.39, 0.29) is 23.4 Å². The smallest absolute Gasteiger partial charge is 0.351 e. The lowest BCUT2D eigenvalue weighted by Gasteiger charge is -2.30. The lowest BCUT2D eigenvalue weighted by Crippen LogP contribution is -2.36. The van der Waals surface area contributed by atoms with Gasteiger partial charge in [0.2, 0.25) is 5.95 Å². The van der Waals surface area contributed by atoms with Crippen LogP contribution in [-0.4, -0.2) is 72.2 Å². The van der Waals surface area contributed by atoms with Gasteiger partial charge in [-0.3, -0.25) is 14.2 Å². The van der Waals surface area contributed by atoms with Crippen molar-refractivity contribution in [3.63, 3.8) is 0 Å². The Morgan fingerprint density at radius 2 is 1.86 bits per heavy atom. The fraction of sp³-hybridized carbons (Fsp3) is 0.500. The normalized spacial score (nSPS) is 17.8. The van der Waals surface area contributed by atoms with Gasteiger partial charge in [-0.25, -0.2) is 15.0 Å². The maximum Gasteiger partial charge on any atom is 0.420 e. The van der Waals surface area contributed by atoms with Crippen molar-refractivity contribution in [2.75, 3.05) is 37.8 Å². The first kappa shape index (κ1) is 25.0. The average molecular weight is 519 g/mol. The largest absolute Gasteiger partial charge is 0.420 e. The van der Waals surface area contributed by atoms with E-state index in [1.807, 2.05) is 25.3 Å². The first-order chi connectivity index (χ1) is 17.3. The monoisotopic (exact) mass is 518 g/mol. The third kappa shape index (κ3) is 5.50. The Labute approximate surface area is 212 Å². The molecule has 2 saturated heterocycles. The van der Waals surface area contributed by atoms with Crippen LogP contribution in [0.4, 0.5) is 19.1 Å². The van der Waals surface area contributed by atoms with Crippen molar-refractivity contribution in [1.82, 2.24) is 33.7 Å². The standard InChI is InChI=1S/C24H29F3N8S/c1-16-21(5-4-18(30-16)13-33-8-3-9-33)34-14-20(29-15-34)22-19(24(25,26)27)12-28-23(32-22)31-17-6-10-35(36-2)11-7-17/h4-5,12,14-15,17H,3,6-11,13H2,1-2H3,(H,28,31,32). The topological polar surface area (TPSA) is 75.0 Å². The summed E-state index contributed by atoms with van der Waals surface area (Å²) in [6, 6.07) is 4.00. The molecule has 0 aromatic carbocycles. The summed E-state index contributed by atoms with van der Waals surface area (Å²) in [7, 11) is 0. The molecule has 1 N–H and O–H groups in total. The molecule has 0 saturated carbocycles. The maximum absolute atomic E-state index is 13.8. The van der Waals surface area contributed by atoms with Crippen LogP contribution < -0.4 is 5.32 Å². The van der Waals surface area contributed by atoms with Gasteiger partial charge in [-0.15, -0.1) is 0 Å². The average Bonchev–Trinajstić information content (AvgIpc) is 3.31. The van der Waals surface area contributed by atoms with E-state index in [2.05, 4.69) is 34.5 Å². The second kappa shape index (κ2) is 10.3. The van der Waals surface area contributed by atoms with E-state index in [0.29, 0.717) is 0 Å². The summed E-state index contributed by atoms with van der Waals surface area (Å²) in [5, 5.41) is 3.22. The number of aromatic nitrogens is 5. The van der Waals surface area contributed by atoms with Crippen LogP contribution in [0.2, 0.25) is 0 Å². The van der Waals surface area contributed by atoms with Crippen molar-refractivity contribution in [2.45, 2.75) is 44.9 Å². The highest BCUT2D eigenvalue weighted by atomic mass is 32.2. The molecule has 12 heteroatoms. The SMILES string of the molecule is CSN1CCC(Nc2ncc(C(F)(F)F)c(-c3cn(-c4ccc(CN5CCC5)nc4C)cn3)n2)CC1. The van der Waals surface area contributed by atoms with Crippen LogP contribution >= 0.6 is 11.9 Å². The zero-order valence-corrected chi connectivity index (χ0v) is 21.1. The number of nitrogens with zero attached hydrogens (tertiary/aromatic N) is 7. The summed E-state index contributed by atoms with van der Waals surface area (Å²) in [5.74, 6) is 0.184. The van der Waals surface area contributed by atoms with Crippen molar-refractivity contribution >= 4 is 17.9 Å². The van der Waals surface area contributed by atoms with Gasteiger partial charge < -0.3 is 9.88 Å². The Bertz CT molecular complexity index is 1200. The van der Waals surface area contributed by atoms with E-state index in [1.165, 1.54) is 12.7 Å². The lowest BCUT2D eigenvalue weighted by molar-refractivity contribution is -0.137. The van der Waals surface area contributed by atoms with Crippen LogP contribution in [0.3, 0.4) is 0 Å². The van der Waals surface area contributed by atoms with Gasteiger partial charge in [0.1, 0.15) is 23.3 Å². The molecule has 2 aliphatic heterocycles. The molecular formula is C24H29F3N8S. The van der Waals surface area contributed by atoms with Crippen LogP contribution in [0, 0.1) is 6.92 Å². The fourth-order valence-corrected chi connectivity index (χ4v) is 5.11. The number of likely N-dealkylation sites (tertiary alicyclic amines) is 1.